The number of nitrogens with one attached hydrogen (secondary N) is 1. The number of hydrogen-bond donors (Lipinski definition) is 1. The highest BCUT2D eigenvalue weighted by atomic mass is 35.5. The summed E-state index contributed by atoms with van der Waals surface area (Å²) in [6.45, 7) is 0. The van der Waals surface area contributed by atoms with Crippen LogP contribution in [0.15, 0.2) is 54.1 Å². The van der Waals surface area contributed by atoms with E-state index in [9.17, 15) is 10.1 Å². The van der Waals surface area contributed by atoms with Gasteiger partial charge in [-0.1, -0.05) is 23.7 Å². The van der Waals surface area contributed by atoms with E-state index in [2.05, 4.69) is 5.32 Å². The fourth-order valence-corrected chi connectivity index (χ4v) is 2.24. The molecular weight excluding hydrogens is 324 g/mol. The van der Waals surface area contributed by atoms with Crippen LogP contribution in [0.2, 0.25) is 5.02 Å². The van der Waals surface area contributed by atoms with E-state index in [1.54, 1.807) is 36.4 Å². The Bertz CT molecular complexity index is 818. The first-order chi connectivity index (χ1) is 11.6. The molecule has 120 valence electrons. The largest absolute Gasteiger partial charge is 0.457 e. The maximum absolute atomic E-state index is 12.0. The first-order valence-corrected chi connectivity index (χ1v) is 7.98. The molecule has 0 radical (unpaired) electrons. The Morgan fingerprint density at radius 2 is 1.96 bits per heavy atom. The molecule has 1 saturated carbocycles. The summed E-state index contributed by atoms with van der Waals surface area (Å²) in [7, 11) is 0. The molecular formula is C19H15ClN2O2. The van der Waals surface area contributed by atoms with Gasteiger partial charge < -0.3 is 10.1 Å². The summed E-state index contributed by atoms with van der Waals surface area (Å²) < 4.78 is 5.75. The number of nitriles is 1. The summed E-state index contributed by atoms with van der Waals surface area (Å²) in [5, 5.41) is 12.6. The third-order valence-corrected chi connectivity index (χ3v) is 3.75. The molecule has 3 rings (SSSR count). The van der Waals surface area contributed by atoms with Crippen LogP contribution in [0.1, 0.15) is 18.4 Å². The topological polar surface area (TPSA) is 62.1 Å². The molecule has 5 heteroatoms. The van der Waals surface area contributed by atoms with E-state index in [-0.39, 0.29) is 17.5 Å². The number of hydrogen-bond acceptors (Lipinski definition) is 3. The molecule has 2 aromatic carbocycles. The lowest BCUT2D eigenvalue weighted by Gasteiger charge is -2.07. The number of carbonyl (C=O) groups excluding carboxylic acids is 1. The van der Waals surface area contributed by atoms with E-state index in [1.165, 1.54) is 0 Å². The van der Waals surface area contributed by atoms with Crippen LogP contribution < -0.4 is 10.1 Å². The van der Waals surface area contributed by atoms with Crippen LogP contribution in [-0.2, 0) is 4.79 Å². The number of benzene rings is 2. The van der Waals surface area contributed by atoms with Crippen molar-refractivity contribution in [3.05, 3.63) is 64.7 Å². The van der Waals surface area contributed by atoms with Crippen molar-refractivity contribution in [3.63, 3.8) is 0 Å². The molecule has 0 unspecified atom stereocenters. The second-order valence-electron chi connectivity index (χ2n) is 5.55. The molecule has 0 saturated heterocycles. The van der Waals surface area contributed by atoms with Crippen LogP contribution in [0.5, 0.6) is 11.5 Å². The van der Waals surface area contributed by atoms with Gasteiger partial charge in [0.25, 0.3) is 5.91 Å². The minimum atomic E-state index is -0.330. The molecule has 0 aliphatic heterocycles. The number of carbonyl (C=O) groups is 1. The zero-order chi connectivity index (χ0) is 16.9. The highest BCUT2D eigenvalue weighted by molar-refractivity contribution is 6.30. The predicted molar refractivity (Wildman–Crippen MR) is 92.7 cm³/mol. The van der Waals surface area contributed by atoms with E-state index in [4.69, 9.17) is 16.3 Å². The maximum atomic E-state index is 12.0. The lowest BCUT2D eigenvalue weighted by molar-refractivity contribution is -0.117. The zero-order valence-electron chi connectivity index (χ0n) is 12.8. The Labute approximate surface area is 145 Å². The van der Waals surface area contributed by atoms with Crippen LogP contribution in [0.25, 0.3) is 6.08 Å². The first-order valence-electron chi connectivity index (χ1n) is 7.60. The Hall–Kier alpha value is -2.77. The van der Waals surface area contributed by atoms with Gasteiger partial charge in [0.05, 0.1) is 0 Å². The van der Waals surface area contributed by atoms with E-state index in [1.807, 2.05) is 24.3 Å². The van der Waals surface area contributed by atoms with Gasteiger partial charge in [-0.15, -0.1) is 0 Å². The highest BCUT2D eigenvalue weighted by Crippen LogP contribution is 2.25. The van der Waals surface area contributed by atoms with Crippen LogP contribution in [-0.4, -0.2) is 11.9 Å². The van der Waals surface area contributed by atoms with Crippen molar-refractivity contribution in [2.75, 3.05) is 0 Å². The molecule has 1 N–H and O–H groups in total. The van der Waals surface area contributed by atoms with Gasteiger partial charge in [0.1, 0.15) is 23.1 Å². The molecule has 0 spiro atoms. The van der Waals surface area contributed by atoms with Crippen molar-refractivity contribution in [2.45, 2.75) is 18.9 Å². The molecule has 0 aromatic heterocycles. The van der Waals surface area contributed by atoms with Crippen LogP contribution in [0, 0.1) is 11.3 Å². The molecule has 1 amide bonds. The van der Waals surface area contributed by atoms with E-state index in [0.29, 0.717) is 16.5 Å². The van der Waals surface area contributed by atoms with Crippen molar-refractivity contribution >= 4 is 23.6 Å². The fraction of sp³-hybridized carbons (Fsp3) is 0.158. The molecule has 0 bridgehead atoms. The molecule has 4 nitrogen and oxygen atoms in total. The van der Waals surface area contributed by atoms with Crippen molar-refractivity contribution in [1.29, 1.82) is 5.26 Å². The van der Waals surface area contributed by atoms with Crippen molar-refractivity contribution in [1.82, 2.24) is 5.32 Å². The summed E-state index contributed by atoms with van der Waals surface area (Å²) in [6, 6.07) is 16.4. The van der Waals surface area contributed by atoms with Crippen molar-refractivity contribution < 1.29 is 9.53 Å². The summed E-state index contributed by atoms with van der Waals surface area (Å²) in [4.78, 5) is 12.0. The lowest BCUT2D eigenvalue weighted by atomic mass is 10.1. The van der Waals surface area contributed by atoms with Crippen LogP contribution in [0.4, 0.5) is 0 Å². The van der Waals surface area contributed by atoms with Gasteiger partial charge in [-0.3, -0.25) is 4.79 Å². The van der Waals surface area contributed by atoms with Gasteiger partial charge in [-0.25, -0.2) is 0 Å². The quantitative estimate of drug-likeness (QED) is 0.652. The monoisotopic (exact) mass is 338 g/mol. The first kappa shape index (κ1) is 16.1. The Morgan fingerprint density at radius 1 is 1.21 bits per heavy atom. The van der Waals surface area contributed by atoms with Crippen molar-refractivity contribution in [2.24, 2.45) is 0 Å². The van der Waals surface area contributed by atoms with Gasteiger partial charge in [-0.2, -0.15) is 5.26 Å². The lowest BCUT2D eigenvalue weighted by Crippen LogP contribution is -2.26. The molecule has 1 aliphatic rings. The number of halogens is 1. The van der Waals surface area contributed by atoms with E-state index < -0.39 is 0 Å². The van der Waals surface area contributed by atoms with E-state index >= 15 is 0 Å². The number of ether oxygens (including phenoxy) is 1. The van der Waals surface area contributed by atoms with Gasteiger partial charge in [0.2, 0.25) is 0 Å². The Balaban J connectivity index is 1.76. The maximum Gasteiger partial charge on any atom is 0.262 e. The number of rotatable bonds is 5. The van der Waals surface area contributed by atoms with Crippen molar-refractivity contribution in [3.8, 4) is 17.6 Å². The standard InChI is InChI=1S/C19H15ClN2O2/c20-15-4-8-17(9-5-15)24-18-3-1-2-13(11-18)10-14(12-21)19(23)22-16-6-7-16/h1-5,8-11,16H,6-7H2,(H,22,23)/b14-10+. The third-order valence-electron chi connectivity index (χ3n) is 3.50. The molecule has 1 fully saturated rings. The van der Waals surface area contributed by atoms with Gasteiger partial charge >= 0.3 is 0 Å². The number of amides is 1. The van der Waals surface area contributed by atoms with Crippen LogP contribution >= 0.6 is 11.6 Å². The Morgan fingerprint density at radius 3 is 2.62 bits per heavy atom. The average molecular weight is 339 g/mol. The summed E-state index contributed by atoms with van der Waals surface area (Å²) in [5.74, 6) is 0.947. The molecule has 0 atom stereocenters. The second-order valence-corrected chi connectivity index (χ2v) is 5.98. The molecule has 0 heterocycles. The summed E-state index contributed by atoms with van der Waals surface area (Å²) in [6.07, 6.45) is 3.52. The normalized spacial score (nSPS) is 13.9. The summed E-state index contributed by atoms with van der Waals surface area (Å²) in [5.41, 5.74) is 0.814. The highest BCUT2D eigenvalue weighted by Gasteiger charge is 2.24. The molecule has 1 aliphatic carbocycles. The molecule has 24 heavy (non-hydrogen) atoms. The third kappa shape index (κ3) is 4.37. The summed E-state index contributed by atoms with van der Waals surface area (Å²) >= 11 is 5.85. The smallest absolute Gasteiger partial charge is 0.262 e. The Kier molecular flexibility index (Phi) is 4.83. The zero-order valence-corrected chi connectivity index (χ0v) is 13.6. The van der Waals surface area contributed by atoms with Gasteiger partial charge in [-0.05, 0) is 60.9 Å². The predicted octanol–water partition coefficient (Wildman–Crippen LogP) is 4.32. The van der Waals surface area contributed by atoms with E-state index in [0.717, 1.165) is 18.4 Å². The van der Waals surface area contributed by atoms with Gasteiger partial charge in [0.15, 0.2) is 0 Å². The number of nitrogens with zero attached hydrogens (tertiary/aromatic N) is 1. The fourth-order valence-electron chi connectivity index (χ4n) is 2.11. The average Bonchev–Trinajstić information content (AvgIpc) is 3.39. The SMILES string of the molecule is N#C/C(=C\c1cccc(Oc2ccc(Cl)cc2)c1)C(=O)NC1CC1. The van der Waals surface area contributed by atoms with Crippen LogP contribution in [0.3, 0.4) is 0 Å². The van der Waals surface area contributed by atoms with Gasteiger partial charge in [0, 0.05) is 11.1 Å². The minimum Gasteiger partial charge on any atom is -0.457 e. The second kappa shape index (κ2) is 7.20. The minimum absolute atomic E-state index is 0.0885. The molecule has 2 aromatic rings.